The van der Waals surface area contributed by atoms with Gasteiger partial charge in [0, 0.05) is 5.92 Å². The maximum absolute atomic E-state index is 11.4. The molecule has 0 bridgehead atoms. The van der Waals surface area contributed by atoms with Crippen LogP contribution in [0.2, 0.25) is 0 Å². The first kappa shape index (κ1) is 12.3. The highest BCUT2D eigenvalue weighted by Gasteiger charge is 2.70. The van der Waals surface area contributed by atoms with Gasteiger partial charge in [-0.25, -0.2) is 0 Å². The Morgan fingerprint density at radius 3 is 2.53 bits per heavy atom. The van der Waals surface area contributed by atoms with Gasteiger partial charge in [0.05, 0.1) is 13.0 Å². The Morgan fingerprint density at radius 1 is 1.53 bits per heavy atom. The Labute approximate surface area is 93.4 Å². The fourth-order valence-electron chi connectivity index (χ4n) is 2.77. The number of hydrogen-bond acceptors (Lipinski definition) is 4. The number of aliphatic carboxylic acids is 1. The first-order chi connectivity index (χ1) is 6.52. The van der Waals surface area contributed by atoms with Crippen LogP contribution >= 0.6 is 12.4 Å². The lowest BCUT2D eigenvalue weighted by atomic mass is 9.92. The fourth-order valence-corrected chi connectivity index (χ4v) is 2.77. The third-order valence-electron chi connectivity index (χ3n) is 3.51. The third-order valence-corrected chi connectivity index (χ3v) is 3.51. The minimum absolute atomic E-state index is 0. The molecule has 2 saturated carbocycles. The Kier molecular flexibility index (Phi) is 2.98. The van der Waals surface area contributed by atoms with Gasteiger partial charge in [-0.15, -0.1) is 12.4 Å². The highest BCUT2D eigenvalue weighted by Crippen LogP contribution is 2.61. The number of carbonyl (C=O) groups excluding carboxylic acids is 1. The number of halogens is 1. The van der Waals surface area contributed by atoms with Gasteiger partial charge < -0.3 is 15.6 Å². The number of carboxylic acids is 1. The lowest BCUT2D eigenvalue weighted by Crippen LogP contribution is -2.50. The molecule has 0 amide bonds. The van der Waals surface area contributed by atoms with E-state index in [4.69, 9.17) is 10.8 Å². The smallest absolute Gasteiger partial charge is 0.326 e. The number of esters is 1. The predicted molar refractivity (Wildman–Crippen MR) is 53.5 cm³/mol. The maximum Gasteiger partial charge on any atom is 0.326 e. The minimum atomic E-state index is -1.05. The Hall–Kier alpha value is -0.810. The molecule has 0 aliphatic heterocycles. The molecule has 86 valence electrons. The van der Waals surface area contributed by atoms with Crippen LogP contribution in [0.25, 0.3) is 0 Å². The van der Waals surface area contributed by atoms with Crippen molar-refractivity contribution >= 4 is 24.3 Å². The highest BCUT2D eigenvalue weighted by molar-refractivity contribution is 5.86. The number of carboxylic acid groups (broad SMARTS) is 1. The summed E-state index contributed by atoms with van der Waals surface area (Å²) in [5, 5.41) is 8.84. The van der Waals surface area contributed by atoms with E-state index in [0.717, 1.165) is 0 Å². The van der Waals surface area contributed by atoms with Crippen LogP contribution in [0.5, 0.6) is 0 Å². The number of rotatable bonds is 2. The zero-order chi connectivity index (χ0) is 10.5. The number of ether oxygens (including phenoxy) is 1. The first-order valence-electron chi connectivity index (χ1n) is 4.62. The van der Waals surface area contributed by atoms with Crippen molar-refractivity contribution in [1.29, 1.82) is 0 Å². The summed E-state index contributed by atoms with van der Waals surface area (Å²) in [6, 6.07) is 0. The van der Waals surface area contributed by atoms with Crippen LogP contribution in [-0.4, -0.2) is 29.7 Å². The molecule has 0 radical (unpaired) electrons. The quantitative estimate of drug-likeness (QED) is 0.659. The van der Waals surface area contributed by atoms with E-state index < -0.39 is 23.4 Å². The SMILES string of the molecule is COC(=O)[C@]1(N)CC[C@H]2[C@H](C(=O)O)[C@H]21.Cl. The average Bonchev–Trinajstić information content (AvgIpc) is 2.80. The molecule has 2 aliphatic rings. The van der Waals surface area contributed by atoms with E-state index in [1.54, 1.807) is 0 Å². The second kappa shape index (κ2) is 3.64. The molecule has 15 heavy (non-hydrogen) atoms. The van der Waals surface area contributed by atoms with E-state index in [0.29, 0.717) is 12.8 Å². The van der Waals surface area contributed by atoms with Crippen LogP contribution in [0.4, 0.5) is 0 Å². The summed E-state index contributed by atoms with van der Waals surface area (Å²) in [4.78, 5) is 22.2. The third kappa shape index (κ3) is 1.50. The van der Waals surface area contributed by atoms with E-state index >= 15 is 0 Å². The molecule has 0 unspecified atom stereocenters. The van der Waals surface area contributed by atoms with Gasteiger partial charge in [-0.05, 0) is 18.8 Å². The van der Waals surface area contributed by atoms with Gasteiger partial charge >= 0.3 is 11.9 Å². The summed E-state index contributed by atoms with van der Waals surface area (Å²) in [5.74, 6) is -1.90. The van der Waals surface area contributed by atoms with Crippen molar-refractivity contribution in [1.82, 2.24) is 0 Å². The molecule has 6 heteroatoms. The maximum atomic E-state index is 11.4. The Balaban J connectivity index is 0.00000112. The van der Waals surface area contributed by atoms with Gasteiger partial charge in [-0.3, -0.25) is 9.59 Å². The Morgan fingerprint density at radius 2 is 2.13 bits per heavy atom. The molecule has 0 spiro atoms. The predicted octanol–water partition coefficient (Wildman–Crippen LogP) is 0.0193. The molecule has 0 aromatic carbocycles. The lowest BCUT2D eigenvalue weighted by Gasteiger charge is -2.23. The summed E-state index contributed by atoms with van der Waals surface area (Å²) in [6.07, 6.45) is 1.26. The number of fused-ring (bicyclic) bond motifs is 1. The molecule has 0 heterocycles. The molecule has 3 N–H and O–H groups in total. The van der Waals surface area contributed by atoms with Crippen LogP contribution < -0.4 is 5.73 Å². The van der Waals surface area contributed by atoms with Crippen molar-refractivity contribution in [3.8, 4) is 0 Å². The number of nitrogens with two attached hydrogens (primary N) is 1. The molecule has 0 aromatic heterocycles. The molecule has 2 rings (SSSR count). The number of methoxy groups -OCH3 is 1. The molecule has 0 aromatic rings. The lowest BCUT2D eigenvalue weighted by molar-refractivity contribution is -0.148. The second-order valence-electron chi connectivity index (χ2n) is 4.12. The summed E-state index contributed by atoms with van der Waals surface area (Å²) in [5.41, 5.74) is 4.84. The van der Waals surface area contributed by atoms with Crippen LogP contribution in [-0.2, 0) is 14.3 Å². The van der Waals surface area contributed by atoms with Crippen LogP contribution in [0, 0.1) is 17.8 Å². The summed E-state index contributed by atoms with van der Waals surface area (Å²) in [7, 11) is 1.28. The van der Waals surface area contributed by atoms with Crippen molar-refractivity contribution in [3.05, 3.63) is 0 Å². The van der Waals surface area contributed by atoms with Crippen LogP contribution in [0.1, 0.15) is 12.8 Å². The van der Waals surface area contributed by atoms with Gasteiger partial charge in [0.25, 0.3) is 0 Å². The minimum Gasteiger partial charge on any atom is -0.481 e. The van der Waals surface area contributed by atoms with Crippen molar-refractivity contribution in [2.45, 2.75) is 18.4 Å². The van der Waals surface area contributed by atoms with E-state index in [9.17, 15) is 9.59 Å². The van der Waals surface area contributed by atoms with E-state index in [1.807, 2.05) is 0 Å². The molecule has 0 saturated heterocycles. The van der Waals surface area contributed by atoms with Crippen molar-refractivity contribution in [3.63, 3.8) is 0 Å². The van der Waals surface area contributed by atoms with Gasteiger partial charge in [-0.1, -0.05) is 0 Å². The zero-order valence-electron chi connectivity index (χ0n) is 8.30. The monoisotopic (exact) mass is 235 g/mol. The van der Waals surface area contributed by atoms with Gasteiger partial charge in [-0.2, -0.15) is 0 Å². The molecular formula is C9H14ClNO4. The fraction of sp³-hybridized carbons (Fsp3) is 0.778. The average molecular weight is 236 g/mol. The van der Waals surface area contributed by atoms with Crippen molar-refractivity contribution in [2.24, 2.45) is 23.5 Å². The molecule has 2 fully saturated rings. The normalized spacial score (nSPS) is 41.3. The van der Waals surface area contributed by atoms with Gasteiger partial charge in [0.2, 0.25) is 0 Å². The van der Waals surface area contributed by atoms with E-state index in [2.05, 4.69) is 4.74 Å². The highest BCUT2D eigenvalue weighted by atomic mass is 35.5. The number of carbonyl (C=O) groups is 2. The summed E-state index contributed by atoms with van der Waals surface area (Å²) >= 11 is 0. The molecular weight excluding hydrogens is 222 g/mol. The van der Waals surface area contributed by atoms with Crippen LogP contribution in [0.3, 0.4) is 0 Å². The molecule has 4 atom stereocenters. The molecule has 5 nitrogen and oxygen atoms in total. The second-order valence-corrected chi connectivity index (χ2v) is 4.12. The molecule has 2 aliphatic carbocycles. The zero-order valence-corrected chi connectivity index (χ0v) is 9.12. The summed E-state index contributed by atoms with van der Waals surface area (Å²) < 4.78 is 4.61. The van der Waals surface area contributed by atoms with E-state index in [1.165, 1.54) is 7.11 Å². The number of hydrogen-bond donors (Lipinski definition) is 2. The summed E-state index contributed by atoms with van der Waals surface area (Å²) in [6.45, 7) is 0. The topological polar surface area (TPSA) is 89.6 Å². The first-order valence-corrected chi connectivity index (χ1v) is 4.62. The van der Waals surface area contributed by atoms with Crippen molar-refractivity contribution in [2.75, 3.05) is 7.11 Å². The van der Waals surface area contributed by atoms with Crippen molar-refractivity contribution < 1.29 is 19.4 Å². The standard InChI is InChI=1S/C9H13NO4.ClH/c1-14-8(13)9(10)3-2-4-5(6(4)9)7(11)12;/h4-6H,2-3,10H2,1H3,(H,11,12);1H/t4-,5-,6-,9-;/m0./s1. The Bertz CT molecular complexity index is 308. The van der Waals surface area contributed by atoms with Gasteiger partial charge in [0.1, 0.15) is 5.54 Å². The largest absolute Gasteiger partial charge is 0.481 e. The van der Waals surface area contributed by atoms with Crippen LogP contribution in [0.15, 0.2) is 0 Å². The van der Waals surface area contributed by atoms with Gasteiger partial charge in [0.15, 0.2) is 0 Å². The van der Waals surface area contributed by atoms with E-state index in [-0.39, 0.29) is 24.2 Å².